The monoisotopic (exact) mass is 1320 g/mol. The van der Waals surface area contributed by atoms with Gasteiger partial charge >= 0.3 is 0 Å². The van der Waals surface area contributed by atoms with Gasteiger partial charge in [0.1, 0.15) is 46.5 Å². The molecule has 13 rings (SSSR count). The first kappa shape index (κ1) is 67.2. The van der Waals surface area contributed by atoms with E-state index in [0.29, 0.717) is 0 Å². The predicted molar refractivity (Wildman–Crippen MR) is 395 cm³/mol. The molecule has 0 amide bonds. The zero-order valence-corrected chi connectivity index (χ0v) is 57.7. The van der Waals surface area contributed by atoms with Gasteiger partial charge in [-0.3, -0.25) is 4.90 Å². The molecular weight excluding hydrogens is 1230 g/mol. The Kier molecular flexibility index (Phi) is 22.8. The molecule has 1 saturated carbocycles. The van der Waals surface area contributed by atoms with Gasteiger partial charge in [0, 0.05) is 185 Å². The minimum Gasteiger partial charge on any atom is -0.363 e. The number of halogens is 2. The van der Waals surface area contributed by atoms with E-state index in [9.17, 15) is 0 Å². The fourth-order valence-corrected chi connectivity index (χ4v) is 12.3. The maximum absolute atomic E-state index is 6.29. The topological polar surface area (TPSA) is 168 Å². The number of hydrogen-bond acceptors (Lipinski definition) is 20. The number of aryl methyl sites for hydroxylation is 2. The van der Waals surface area contributed by atoms with Crippen molar-refractivity contribution in [1.82, 2.24) is 44.8 Å². The van der Waals surface area contributed by atoms with Gasteiger partial charge in [-0.25, -0.2) is 9.97 Å². The molecule has 0 bridgehead atoms. The standard InChI is InChI=1S/C27H35N7.C24H29ClN6.C22H26ClN7/c1-32(2)26-20-24(29-23-13-11-22(12-14-23)21-8-4-3-5-9-21)30-27(31-26)34-18-16-33(17-19-34)25-10-6-7-15-28-25;1-18-9-10-20(15-21(18)25)26-22-16-23(29(2)3)28-24(27-22)31-13-11-30(12-14-31)17-19-7-5-4-6-8-19;1-16-7-8-17(14-18(16)23)25-19-15-21(28(2)3)27-22(26-19)30-12-10-29(11-13-30)20-6-4-5-9-24-20/h6-7,10-15,20-21H,3-5,8-9,16-19H2,1-2H3,(H,29,30,31);4-10,15-16H,11-14,17H2,1-3H3,(H,26,27,28);4-9,14-15H,10-13H2,1-3H3,(H,25,26,27). The van der Waals surface area contributed by atoms with Crippen LogP contribution in [0.25, 0.3) is 0 Å². The summed E-state index contributed by atoms with van der Waals surface area (Å²) in [5, 5.41) is 11.7. The van der Waals surface area contributed by atoms with Gasteiger partial charge in [0.15, 0.2) is 0 Å². The average molecular weight is 1320 g/mol. The van der Waals surface area contributed by atoms with Crippen LogP contribution in [0.4, 0.5) is 81.5 Å². The molecule has 4 fully saturated rings. The number of hydrogen-bond donors (Lipinski definition) is 3. The van der Waals surface area contributed by atoms with Gasteiger partial charge < -0.3 is 55.1 Å². The Morgan fingerprint density at radius 1 is 0.400 bits per heavy atom. The average Bonchev–Trinajstić information content (AvgIpc) is 2.03. The van der Waals surface area contributed by atoms with Crippen molar-refractivity contribution >= 4 is 105 Å². The number of benzene rings is 4. The maximum atomic E-state index is 6.29. The van der Waals surface area contributed by atoms with E-state index in [0.717, 1.165) is 194 Å². The van der Waals surface area contributed by atoms with Crippen molar-refractivity contribution < 1.29 is 0 Å². The van der Waals surface area contributed by atoms with Crippen LogP contribution in [0.1, 0.15) is 60.3 Å². The Balaban J connectivity index is 0.000000145. The van der Waals surface area contributed by atoms with Crippen molar-refractivity contribution in [3.63, 3.8) is 0 Å². The molecule has 3 saturated heterocycles. The number of rotatable bonds is 17. The van der Waals surface area contributed by atoms with Crippen molar-refractivity contribution in [1.29, 1.82) is 0 Å². The van der Waals surface area contributed by atoms with E-state index in [1.54, 1.807) is 0 Å². The van der Waals surface area contributed by atoms with Crippen molar-refractivity contribution in [3.8, 4) is 0 Å². The van der Waals surface area contributed by atoms with Gasteiger partial charge in [-0.1, -0.05) is 109 Å². The van der Waals surface area contributed by atoms with Crippen LogP contribution in [0.2, 0.25) is 10.0 Å². The summed E-state index contributed by atoms with van der Waals surface area (Å²) in [6.45, 7) is 15.7. The largest absolute Gasteiger partial charge is 0.363 e. The summed E-state index contributed by atoms with van der Waals surface area (Å²) < 4.78 is 0. The molecule has 9 aromatic rings. The Morgan fingerprint density at radius 2 is 0.779 bits per heavy atom. The van der Waals surface area contributed by atoms with Crippen LogP contribution < -0.4 is 55.1 Å². The second-order valence-electron chi connectivity index (χ2n) is 25.3. The van der Waals surface area contributed by atoms with Gasteiger partial charge in [-0.2, -0.15) is 29.9 Å². The number of pyridine rings is 2. The van der Waals surface area contributed by atoms with Crippen LogP contribution >= 0.6 is 23.2 Å². The molecule has 0 atom stereocenters. The molecule has 0 unspecified atom stereocenters. The quantitative estimate of drug-likeness (QED) is 0.0786. The molecule has 95 heavy (non-hydrogen) atoms. The zero-order chi connectivity index (χ0) is 66.2. The molecular formula is C73H90Cl2N20. The summed E-state index contributed by atoms with van der Waals surface area (Å²) in [7, 11) is 12.0. The SMILES string of the molecule is CN(C)c1cc(Nc2ccc(C3CCCCC3)cc2)nc(N2CCN(c3ccccn3)CC2)n1.Cc1ccc(Nc2cc(N(C)C)nc(N3CCN(Cc4ccccc4)CC3)n2)cc1Cl.Cc1ccc(Nc2cc(N(C)C)nc(N3CCN(c4ccccn4)CC3)n2)cc1Cl. The lowest BCUT2D eigenvalue weighted by Gasteiger charge is -2.35. The highest BCUT2D eigenvalue weighted by Crippen LogP contribution is 2.35. The highest BCUT2D eigenvalue weighted by atomic mass is 35.5. The molecule has 1 aliphatic carbocycles. The normalized spacial score (nSPS) is 15.2. The van der Waals surface area contributed by atoms with Gasteiger partial charge in [-0.15, -0.1) is 0 Å². The van der Waals surface area contributed by atoms with Crippen molar-refractivity contribution in [2.75, 3.05) is 176 Å². The summed E-state index contributed by atoms with van der Waals surface area (Å²) in [5.74, 6) is 9.98. The van der Waals surface area contributed by atoms with Crippen LogP contribution in [0.15, 0.2) is 158 Å². The zero-order valence-electron chi connectivity index (χ0n) is 56.2. The van der Waals surface area contributed by atoms with E-state index in [2.05, 4.69) is 116 Å². The summed E-state index contributed by atoms with van der Waals surface area (Å²) in [6, 6.07) is 49.4. The molecule has 4 aliphatic rings. The smallest absolute Gasteiger partial charge is 0.229 e. The third-order valence-corrected chi connectivity index (χ3v) is 18.4. The fourth-order valence-electron chi connectivity index (χ4n) is 11.9. The predicted octanol–water partition coefficient (Wildman–Crippen LogP) is 13.6. The first-order valence-electron chi connectivity index (χ1n) is 33.1. The lowest BCUT2D eigenvalue weighted by Crippen LogP contribution is -2.47. The highest BCUT2D eigenvalue weighted by molar-refractivity contribution is 6.32. The Hall–Kier alpha value is -9.24. The summed E-state index contributed by atoms with van der Waals surface area (Å²) >= 11 is 12.6. The lowest BCUT2D eigenvalue weighted by molar-refractivity contribution is 0.249. The van der Waals surface area contributed by atoms with Gasteiger partial charge in [0.2, 0.25) is 17.8 Å². The molecule has 0 radical (unpaired) electrons. The van der Waals surface area contributed by atoms with E-state index in [4.69, 9.17) is 53.1 Å². The maximum Gasteiger partial charge on any atom is 0.229 e. The van der Waals surface area contributed by atoms with Gasteiger partial charge in [0.25, 0.3) is 0 Å². The third kappa shape index (κ3) is 18.6. The van der Waals surface area contributed by atoms with Gasteiger partial charge in [-0.05, 0) is 116 Å². The summed E-state index contributed by atoms with van der Waals surface area (Å²) in [6.07, 6.45) is 10.4. The number of anilines is 14. The van der Waals surface area contributed by atoms with Crippen LogP contribution in [-0.4, -0.2) is 166 Å². The Morgan fingerprint density at radius 3 is 1.17 bits per heavy atom. The van der Waals surface area contributed by atoms with E-state index in [-0.39, 0.29) is 0 Å². The Bertz CT molecular complexity index is 3870. The van der Waals surface area contributed by atoms with Crippen molar-refractivity contribution in [2.45, 2.75) is 58.4 Å². The van der Waals surface area contributed by atoms with Crippen molar-refractivity contribution in [3.05, 3.63) is 190 Å². The first-order chi connectivity index (χ1) is 46.1. The molecule has 3 N–H and O–H groups in total. The molecule has 4 aromatic carbocycles. The third-order valence-electron chi connectivity index (χ3n) is 17.6. The number of nitrogens with one attached hydrogen (secondary N) is 3. The van der Waals surface area contributed by atoms with Crippen LogP contribution in [0.5, 0.6) is 0 Å². The number of piperazine rings is 3. The highest BCUT2D eigenvalue weighted by Gasteiger charge is 2.25. The summed E-state index contributed by atoms with van der Waals surface area (Å²) in [4.78, 5) is 57.7. The minimum absolute atomic E-state index is 0.721. The van der Waals surface area contributed by atoms with E-state index < -0.39 is 0 Å². The second-order valence-corrected chi connectivity index (χ2v) is 26.1. The number of aromatic nitrogens is 8. The van der Waals surface area contributed by atoms with Gasteiger partial charge in [0.05, 0.1) is 0 Å². The fraction of sp³-hybridized carbons (Fsp3) is 0.370. The number of nitrogens with zero attached hydrogens (tertiary/aromatic N) is 17. The first-order valence-corrected chi connectivity index (χ1v) is 33.8. The molecule has 3 aliphatic heterocycles. The lowest BCUT2D eigenvalue weighted by atomic mass is 9.84. The second kappa shape index (κ2) is 32.3. The summed E-state index contributed by atoms with van der Waals surface area (Å²) in [5.41, 5.74) is 7.80. The molecule has 22 heteroatoms. The molecule has 0 spiro atoms. The molecule has 20 nitrogen and oxygen atoms in total. The van der Waals surface area contributed by atoms with E-state index in [1.165, 1.54) is 43.2 Å². The van der Waals surface area contributed by atoms with E-state index >= 15 is 0 Å². The van der Waals surface area contributed by atoms with Crippen LogP contribution in [0, 0.1) is 13.8 Å². The van der Waals surface area contributed by atoms with Crippen molar-refractivity contribution in [2.24, 2.45) is 0 Å². The molecule has 5 aromatic heterocycles. The molecule has 496 valence electrons. The Labute approximate surface area is 571 Å². The van der Waals surface area contributed by atoms with E-state index in [1.807, 2.05) is 168 Å². The minimum atomic E-state index is 0.721. The molecule has 8 heterocycles. The van der Waals surface area contributed by atoms with Crippen LogP contribution in [0.3, 0.4) is 0 Å². The van der Waals surface area contributed by atoms with Crippen LogP contribution in [-0.2, 0) is 6.54 Å².